The monoisotopic (exact) mass is 286 g/mol. The lowest BCUT2D eigenvalue weighted by Crippen LogP contribution is -2.18. The Bertz CT molecular complexity index is 553. The molecule has 0 spiro atoms. The lowest BCUT2D eigenvalue weighted by atomic mass is 10.2. The molecule has 1 heterocycles. The van der Waals surface area contributed by atoms with Crippen molar-refractivity contribution in [3.8, 4) is 11.6 Å². The van der Waals surface area contributed by atoms with Gasteiger partial charge in [-0.2, -0.15) is 0 Å². The fourth-order valence-electron chi connectivity index (χ4n) is 1.93. The van der Waals surface area contributed by atoms with Crippen molar-refractivity contribution in [2.24, 2.45) is 5.92 Å². The molecule has 4 heteroatoms. The number of hydrogen-bond donors (Lipinski definition) is 2. The van der Waals surface area contributed by atoms with Crippen LogP contribution in [0.5, 0.6) is 11.6 Å². The van der Waals surface area contributed by atoms with E-state index >= 15 is 0 Å². The van der Waals surface area contributed by atoms with Gasteiger partial charge < -0.3 is 15.2 Å². The maximum Gasteiger partial charge on any atom is 0.219 e. The lowest BCUT2D eigenvalue weighted by molar-refractivity contribution is 0.276. The highest BCUT2D eigenvalue weighted by Gasteiger charge is 2.04. The number of aliphatic hydroxyl groups excluding tert-OH is 1. The summed E-state index contributed by atoms with van der Waals surface area (Å²) >= 11 is 0. The molecule has 4 nitrogen and oxygen atoms in total. The molecule has 0 bridgehead atoms. The lowest BCUT2D eigenvalue weighted by Gasteiger charge is -2.10. The maximum absolute atomic E-state index is 9.27. The van der Waals surface area contributed by atoms with Crippen molar-refractivity contribution < 1.29 is 9.84 Å². The predicted octanol–water partition coefficient (Wildman–Crippen LogP) is 3.11. The third-order valence-electron chi connectivity index (χ3n) is 3.04. The van der Waals surface area contributed by atoms with E-state index in [1.807, 2.05) is 42.6 Å². The van der Waals surface area contributed by atoms with Gasteiger partial charge in [0.1, 0.15) is 5.75 Å². The number of nitrogens with zero attached hydrogens (tertiary/aromatic N) is 1. The molecule has 1 aromatic heterocycles. The number of aliphatic hydroxyl groups is 1. The minimum absolute atomic E-state index is 0.0482. The second-order valence-electron chi connectivity index (χ2n) is 5.40. The summed E-state index contributed by atoms with van der Waals surface area (Å²) < 4.78 is 5.71. The maximum atomic E-state index is 9.27. The quantitative estimate of drug-likeness (QED) is 0.821. The Kier molecular flexibility index (Phi) is 5.72. The number of nitrogens with one attached hydrogen (secondary N) is 1. The van der Waals surface area contributed by atoms with E-state index < -0.39 is 0 Å². The SMILES string of the molecule is CC(C)CNCc1ccc(Oc2ccccc2CO)nc1. The van der Waals surface area contributed by atoms with Crippen LogP contribution in [0, 0.1) is 5.92 Å². The molecule has 0 saturated heterocycles. The first-order valence-electron chi connectivity index (χ1n) is 7.21. The van der Waals surface area contributed by atoms with Gasteiger partial charge >= 0.3 is 0 Å². The highest BCUT2D eigenvalue weighted by Crippen LogP contribution is 2.23. The Hall–Kier alpha value is -1.91. The molecule has 0 atom stereocenters. The van der Waals surface area contributed by atoms with E-state index in [-0.39, 0.29) is 6.61 Å². The van der Waals surface area contributed by atoms with Crippen LogP contribution in [0.3, 0.4) is 0 Å². The zero-order valence-corrected chi connectivity index (χ0v) is 12.5. The van der Waals surface area contributed by atoms with Crippen LogP contribution in [0.25, 0.3) is 0 Å². The molecule has 2 rings (SSSR count). The largest absolute Gasteiger partial charge is 0.439 e. The fourth-order valence-corrected chi connectivity index (χ4v) is 1.93. The molecular formula is C17H22N2O2. The molecule has 0 aliphatic carbocycles. The van der Waals surface area contributed by atoms with Crippen LogP contribution in [0.4, 0.5) is 0 Å². The van der Waals surface area contributed by atoms with E-state index in [4.69, 9.17) is 4.74 Å². The third-order valence-corrected chi connectivity index (χ3v) is 3.04. The predicted molar refractivity (Wildman–Crippen MR) is 83.2 cm³/mol. The van der Waals surface area contributed by atoms with Crippen molar-refractivity contribution in [2.75, 3.05) is 6.54 Å². The van der Waals surface area contributed by atoms with Crippen molar-refractivity contribution in [2.45, 2.75) is 27.0 Å². The van der Waals surface area contributed by atoms with E-state index in [1.54, 1.807) is 0 Å². The molecule has 2 aromatic rings. The van der Waals surface area contributed by atoms with Crippen LogP contribution in [0.2, 0.25) is 0 Å². The molecular weight excluding hydrogens is 264 g/mol. The normalized spacial score (nSPS) is 10.9. The number of ether oxygens (including phenoxy) is 1. The first-order chi connectivity index (χ1) is 10.2. The number of pyridine rings is 1. The van der Waals surface area contributed by atoms with Crippen molar-refractivity contribution in [3.63, 3.8) is 0 Å². The van der Waals surface area contributed by atoms with Crippen molar-refractivity contribution in [1.29, 1.82) is 0 Å². The van der Waals surface area contributed by atoms with E-state index in [0.29, 0.717) is 17.5 Å². The summed E-state index contributed by atoms with van der Waals surface area (Å²) in [5, 5.41) is 12.6. The molecule has 0 radical (unpaired) electrons. The van der Waals surface area contributed by atoms with Crippen LogP contribution in [-0.4, -0.2) is 16.6 Å². The Labute approximate surface area is 125 Å². The summed E-state index contributed by atoms with van der Waals surface area (Å²) in [6, 6.07) is 11.2. The molecule has 21 heavy (non-hydrogen) atoms. The van der Waals surface area contributed by atoms with Gasteiger partial charge in [-0.1, -0.05) is 38.1 Å². The zero-order chi connectivity index (χ0) is 15.1. The zero-order valence-electron chi connectivity index (χ0n) is 12.5. The summed E-state index contributed by atoms with van der Waals surface area (Å²) in [4.78, 5) is 4.30. The van der Waals surface area contributed by atoms with Gasteiger partial charge in [-0.15, -0.1) is 0 Å². The summed E-state index contributed by atoms with van der Waals surface area (Å²) in [5.74, 6) is 1.80. The minimum Gasteiger partial charge on any atom is -0.439 e. The summed E-state index contributed by atoms with van der Waals surface area (Å²) in [7, 11) is 0. The molecule has 112 valence electrons. The van der Waals surface area contributed by atoms with Gasteiger partial charge in [-0.25, -0.2) is 4.98 Å². The highest BCUT2D eigenvalue weighted by molar-refractivity contribution is 5.35. The van der Waals surface area contributed by atoms with Crippen molar-refractivity contribution in [3.05, 3.63) is 53.7 Å². The van der Waals surface area contributed by atoms with Crippen LogP contribution in [-0.2, 0) is 13.2 Å². The highest BCUT2D eigenvalue weighted by atomic mass is 16.5. The molecule has 0 aliphatic heterocycles. The fraction of sp³-hybridized carbons (Fsp3) is 0.353. The van der Waals surface area contributed by atoms with Crippen LogP contribution >= 0.6 is 0 Å². The Morgan fingerprint density at radius 3 is 2.67 bits per heavy atom. The average Bonchev–Trinajstić information content (AvgIpc) is 2.49. The van der Waals surface area contributed by atoms with Gasteiger partial charge in [0.2, 0.25) is 5.88 Å². The molecule has 2 N–H and O–H groups in total. The van der Waals surface area contributed by atoms with Gasteiger partial charge in [0.05, 0.1) is 6.61 Å². The molecule has 0 saturated carbocycles. The second-order valence-corrected chi connectivity index (χ2v) is 5.40. The van der Waals surface area contributed by atoms with Gasteiger partial charge in [-0.05, 0) is 24.1 Å². The van der Waals surface area contributed by atoms with Crippen molar-refractivity contribution in [1.82, 2.24) is 10.3 Å². The summed E-state index contributed by atoms with van der Waals surface area (Å²) in [6.45, 7) is 6.11. The first kappa shape index (κ1) is 15.5. The third kappa shape index (κ3) is 4.85. The standard InChI is InChI=1S/C17H22N2O2/c1-13(2)9-18-10-14-7-8-17(19-11-14)21-16-6-4-3-5-15(16)12-20/h3-8,11,13,18,20H,9-10,12H2,1-2H3. The van der Waals surface area contributed by atoms with E-state index in [9.17, 15) is 5.11 Å². The van der Waals surface area contributed by atoms with E-state index in [1.165, 1.54) is 0 Å². The topological polar surface area (TPSA) is 54.4 Å². The van der Waals surface area contributed by atoms with Crippen LogP contribution in [0.15, 0.2) is 42.6 Å². The number of para-hydroxylation sites is 1. The number of aromatic nitrogens is 1. The Balaban J connectivity index is 1.96. The summed E-state index contributed by atoms with van der Waals surface area (Å²) in [5.41, 5.74) is 1.88. The Morgan fingerprint density at radius 1 is 1.19 bits per heavy atom. The molecule has 0 fully saturated rings. The number of rotatable bonds is 7. The molecule has 1 aromatic carbocycles. The molecule has 0 amide bonds. The molecule has 0 aliphatic rings. The molecule has 0 unspecified atom stereocenters. The first-order valence-corrected chi connectivity index (χ1v) is 7.21. The number of benzene rings is 1. The second kappa shape index (κ2) is 7.76. The van der Waals surface area contributed by atoms with Gasteiger partial charge in [0.15, 0.2) is 0 Å². The van der Waals surface area contributed by atoms with Gasteiger partial charge in [-0.3, -0.25) is 0 Å². The van der Waals surface area contributed by atoms with Crippen LogP contribution in [0.1, 0.15) is 25.0 Å². The minimum atomic E-state index is -0.0482. The number of hydrogen-bond acceptors (Lipinski definition) is 4. The Morgan fingerprint density at radius 2 is 2.00 bits per heavy atom. The van der Waals surface area contributed by atoms with E-state index in [0.717, 1.165) is 24.2 Å². The summed E-state index contributed by atoms with van der Waals surface area (Å²) in [6.07, 6.45) is 1.81. The van der Waals surface area contributed by atoms with E-state index in [2.05, 4.69) is 24.1 Å². The van der Waals surface area contributed by atoms with Crippen molar-refractivity contribution >= 4 is 0 Å². The van der Waals surface area contributed by atoms with Gasteiger partial charge in [0, 0.05) is 24.4 Å². The van der Waals surface area contributed by atoms with Crippen LogP contribution < -0.4 is 10.1 Å². The van der Waals surface area contributed by atoms with Gasteiger partial charge in [0.25, 0.3) is 0 Å². The smallest absolute Gasteiger partial charge is 0.219 e. The average molecular weight is 286 g/mol.